The van der Waals surface area contributed by atoms with Crippen LogP contribution in [0.5, 0.6) is 0 Å². The van der Waals surface area contributed by atoms with Crippen molar-refractivity contribution in [1.82, 2.24) is 0 Å². The summed E-state index contributed by atoms with van der Waals surface area (Å²) in [7, 11) is -3.54. The molecule has 0 saturated heterocycles. The van der Waals surface area contributed by atoms with E-state index in [-0.39, 0.29) is 11.1 Å². The van der Waals surface area contributed by atoms with Crippen molar-refractivity contribution in [3.63, 3.8) is 0 Å². The molecule has 2 N–H and O–H groups in total. The second-order valence-corrected chi connectivity index (χ2v) is 26.5. The summed E-state index contributed by atoms with van der Waals surface area (Å²) < 4.78 is 0. The lowest BCUT2D eigenvalue weighted by atomic mass is 10.1. The van der Waals surface area contributed by atoms with E-state index in [9.17, 15) is 10.4 Å². The van der Waals surface area contributed by atoms with Crippen LogP contribution in [0.2, 0.25) is 26.2 Å². The number of rotatable bonds is 5. The lowest BCUT2D eigenvalue weighted by molar-refractivity contribution is 0.181. The van der Waals surface area contributed by atoms with Gasteiger partial charge in [-0.2, -0.15) is 0 Å². The highest BCUT2D eigenvalue weighted by atomic mass is 29.3. The zero-order valence-electron chi connectivity index (χ0n) is 20.4. The van der Waals surface area contributed by atoms with Gasteiger partial charge in [0.15, 0.2) is 0 Å². The Kier molecular flexibility index (Phi) is 6.70. The Morgan fingerprint density at radius 2 is 0.767 bits per heavy atom. The molecule has 0 unspecified atom stereocenters. The first-order chi connectivity index (χ1) is 13.5. The number of hydrogen-bond acceptors (Lipinski definition) is 4. The predicted octanol–water partition coefficient (Wildman–Crippen LogP) is 5.28. The smallest absolute Gasteiger partial charge is 0.0791 e. The van der Waals surface area contributed by atoms with Crippen LogP contribution in [0.3, 0.4) is 0 Å². The van der Waals surface area contributed by atoms with Crippen molar-refractivity contribution in [2.75, 3.05) is 10.1 Å². The van der Waals surface area contributed by atoms with Gasteiger partial charge in [-0.25, -0.2) is 0 Å². The predicted molar refractivity (Wildman–Crippen MR) is 135 cm³/mol. The minimum absolute atomic E-state index is 0.335. The van der Waals surface area contributed by atoms with E-state index in [2.05, 4.69) is 50.5 Å². The summed E-state index contributed by atoms with van der Waals surface area (Å²) in [6.45, 7) is 21.8. The molecular weight excluding hydrogens is 404 g/mol. The van der Waals surface area contributed by atoms with Gasteiger partial charge in [0.05, 0.1) is 37.6 Å². The van der Waals surface area contributed by atoms with Crippen LogP contribution in [0.15, 0.2) is 48.5 Å². The lowest BCUT2D eigenvalue weighted by Gasteiger charge is -2.40. The highest BCUT2D eigenvalue weighted by molar-refractivity contribution is 7.49. The third-order valence-electron chi connectivity index (χ3n) is 6.50. The van der Waals surface area contributed by atoms with E-state index in [0.29, 0.717) is 0 Å². The Labute approximate surface area is 184 Å². The van der Waals surface area contributed by atoms with Crippen LogP contribution < -0.4 is 20.5 Å². The fourth-order valence-corrected chi connectivity index (χ4v) is 12.3. The van der Waals surface area contributed by atoms with Crippen LogP contribution in [0, 0.1) is 0 Å². The molecule has 0 atom stereocenters. The fourth-order valence-electron chi connectivity index (χ4n) is 3.53. The SMILES string of the molecule is CC(C)(C)N(O)c1ccc([Si](C)(C)[Si](C)(C)c2ccc(N(O)C(C)(C)C)cc2)cc1. The molecule has 0 aliphatic heterocycles. The highest BCUT2D eigenvalue weighted by Gasteiger charge is 2.43. The second-order valence-electron chi connectivity index (χ2n) is 11.3. The van der Waals surface area contributed by atoms with E-state index >= 15 is 0 Å². The molecule has 0 amide bonds. The van der Waals surface area contributed by atoms with Crippen molar-refractivity contribution in [1.29, 1.82) is 0 Å². The summed E-state index contributed by atoms with van der Waals surface area (Å²) in [5.74, 6) is 0. The third kappa shape index (κ3) is 4.82. The molecule has 0 fully saturated rings. The summed E-state index contributed by atoms with van der Waals surface area (Å²) in [6.07, 6.45) is 0. The van der Waals surface area contributed by atoms with Gasteiger partial charge < -0.3 is 0 Å². The Balaban J connectivity index is 2.34. The van der Waals surface area contributed by atoms with Crippen LogP contribution in [-0.2, 0) is 0 Å². The van der Waals surface area contributed by atoms with Crippen LogP contribution >= 0.6 is 0 Å². The molecule has 166 valence electrons. The van der Waals surface area contributed by atoms with E-state index in [1.165, 1.54) is 20.5 Å². The summed E-state index contributed by atoms with van der Waals surface area (Å²) in [5, 5.41) is 26.4. The molecule has 0 aliphatic rings. The van der Waals surface area contributed by atoms with Crippen molar-refractivity contribution >= 4 is 36.9 Å². The summed E-state index contributed by atoms with van der Waals surface area (Å²) in [4.78, 5) is 0. The van der Waals surface area contributed by atoms with Gasteiger partial charge in [-0.3, -0.25) is 20.5 Å². The van der Waals surface area contributed by atoms with Crippen molar-refractivity contribution in [3.05, 3.63) is 48.5 Å². The van der Waals surface area contributed by atoms with Crippen LogP contribution in [0.4, 0.5) is 11.4 Å². The van der Waals surface area contributed by atoms with Gasteiger partial charge in [0.25, 0.3) is 0 Å². The van der Waals surface area contributed by atoms with Gasteiger partial charge in [-0.15, -0.1) is 0 Å². The molecule has 0 aromatic heterocycles. The number of anilines is 2. The normalized spacial score (nSPS) is 13.3. The molecular formula is C24H40N2O2Si2. The molecule has 0 spiro atoms. The lowest BCUT2D eigenvalue weighted by Crippen LogP contribution is -2.69. The van der Waals surface area contributed by atoms with Crippen molar-refractivity contribution in [2.45, 2.75) is 78.8 Å². The van der Waals surface area contributed by atoms with Gasteiger partial charge in [-0.05, 0) is 65.8 Å². The summed E-state index contributed by atoms with van der Waals surface area (Å²) in [6, 6.07) is 17.0. The van der Waals surface area contributed by atoms with E-state index in [1.54, 1.807) is 0 Å². The Morgan fingerprint density at radius 3 is 0.967 bits per heavy atom. The van der Waals surface area contributed by atoms with E-state index < -0.39 is 15.2 Å². The molecule has 2 aromatic rings. The van der Waals surface area contributed by atoms with Crippen LogP contribution in [0.1, 0.15) is 41.5 Å². The minimum Gasteiger partial charge on any atom is -0.288 e. The van der Waals surface area contributed by atoms with Crippen LogP contribution in [0.25, 0.3) is 0 Å². The topological polar surface area (TPSA) is 46.9 Å². The standard InChI is InChI=1S/C24H40N2O2Si2/c1-23(2,3)25(27)19-11-15-21(16-12-19)29(7,8)30(9,10)22-17-13-20(14-18-22)26(28)24(4,5)6/h11-18,27-28H,1-10H3. The van der Waals surface area contributed by atoms with Crippen molar-refractivity contribution in [3.8, 4) is 0 Å². The molecule has 4 nitrogen and oxygen atoms in total. The van der Waals surface area contributed by atoms with Gasteiger partial charge in [0.1, 0.15) is 0 Å². The Bertz CT molecular complexity index is 775. The third-order valence-corrected chi connectivity index (χ3v) is 24.3. The molecule has 30 heavy (non-hydrogen) atoms. The second kappa shape index (κ2) is 8.15. The first kappa shape index (κ1) is 24.7. The Hall–Kier alpha value is -1.61. The van der Waals surface area contributed by atoms with Gasteiger partial charge >= 0.3 is 0 Å². The minimum atomic E-state index is -1.77. The highest BCUT2D eigenvalue weighted by Crippen LogP contribution is 2.25. The number of benzene rings is 2. The number of nitrogens with zero attached hydrogens (tertiary/aromatic N) is 2. The summed E-state index contributed by atoms with van der Waals surface area (Å²) in [5.41, 5.74) is 0.977. The Morgan fingerprint density at radius 1 is 0.533 bits per heavy atom. The fraction of sp³-hybridized carbons (Fsp3) is 0.500. The number of hydrogen-bond donors (Lipinski definition) is 2. The zero-order chi connectivity index (χ0) is 23.1. The maximum absolute atomic E-state index is 10.4. The molecule has 0 aliphatic carbocycles. The average Bonchev–Trinajstić information content (AvgIpc) is 2.65. The maximum atomic E-state index is 10.4. The van der Waals surface area contributed by atoms with Crippen molar-refractivity contribution < 1.29 is 10.4 Å². The maximum Gasteiger partial charge on any atom is 0.0791 e. The first-order valence-electron chi connectivity index (χ1n) is 10.7. The molecule has 0 bridgehead atoms. The largest absolute Gasteiger partial charge is 0.288 e. The molecule has 0 heterocycles. The molecule has 0 radical (unpaired) electrons. The number of hydroxylamine groups is 2. The zero-order valence-corrected chi connectivity index (χ0v) is 22.4. The molecule has 6 heteroatoms. The molecule has 0 saturated carbocycles. The summed E-state index contributed by atoms with van der Waals surface area (Å²) >= 11 is 0. The first-order valence-corrected chi connectivity index (χ1v) is 17.7. The average molecular weight is 445 g/mol. The van der Waals surface area contributed by atoms with Crippen molar-refractivity contribution in [2.24, 2.45) is 0 Å². The van der Waals surface area contributed by atoms with Crippen LogP contribution in [-0.4, -0.2) is 36.7 Å². The quantitative estimate of drug-likeness (QED) is 0.486. The monoisotopic (exact) mass is 444 g/mol. The van der Waals surface area contributed by atoms with Gasteiger partial charge in [0, 0.05) is 0 Å². The van der Waals surface area contributed by atoms with E-state index in [4.69, 9.17) is 0 Å². The van der Waals surface area contributed by atoms with E-state index in [1.807, 2.05) is 65.8 Å². The molecule has 2 rings (SSSR count). The van der Waals surface area contributed by atoms with Gasteiger partial charge in [-0.1, -0.05) is 60.8 Å². The van der Waals surface area contributed by atoms with E-state index in [0.717, 1.165) is 11.4 Å². The molecule has 2 aromatic carbocycles. The van der Waals surface area contributed by atoms with Gasteiger partial charge in [0.2, 0.25) is 0 Å².